The zero-order chi connectivity index (χ0) is 54.6. The Bertz CT molecular complexity index is 2750. The van der Waals surface area contributed by atoms with Crippen LogP contribution in [0.15, 0.2) is 110 Å². The second kappa shape index (κ2) is 28.7. The first-order chi connectivity index (χ1) is 35.4. The van der Waals surface area contributed by atoms with Crippen molar-refractivity contribution >= 4 is 53.8 Å². The van der Waals surface area contributed by atoms with E-state index in [4.69, 9.17) is 44.1 Å². The molecule has 1 aliphatic rings. The van der Waals surface area contributed by atoms with Crippen LogP contribution in [0.1, 0.15) is 112 Å². The number of thiol groups is 1. The van der Waals surface area contributed by atoms with Gasteiger partial charge in [-0.2, -0.15) is 10.5 Å². The zero-order valence-corrected chi connectivity index (χ0v) is 47.1. The maximum atomic E-state index is 9.87. The lowest BCUT2D eigenvalue weighted by Crippen LogP contribution is -2.64. The minimum Gasteiger partial charge on any atom is -0.491 e. The standard InChI is InChI=1S/C30H37ClN5O2S.C27H35ClN4O.C2H4/c1-6-8-23-16-26(15-21(7-2)28(23)38-14-13-31)30(3,4)25-11-9-22(10-12-25)24-17-32-29(33-18-24)34-27-19-35(20-27)36(5,37)39;1-5-20-14-25(15-22(16-30)26(20)33-13-11-28)27(3,4)24-8-6-21(7-9-24)23(17-31)18-32-19(2)10-12-29;1-2/h9-12,15-18,27,37,39H,7,13-14,19-20H2,1-5H3,(H,32,33,34);6-9,14-15,17-19H,5,10-13,29,31H2,1-4H3;1-2H2/q+1;;/b;23-17+,32-18?;. The summed E-state index contributed by atoms with van der Waals surface area (Å²) in [6.45, 7) is 25.6. The molecular weight excluding hydrogens is 986 g/mol. The molecule has 2 atom stereocenters. The minimum absolute atomic E-state index is 0.154. The Morgan fingerprint density at radius 2 is 1.39 bits per heavy atom. The number of rotatable bonds is 21. The van der Waals surface area contributed by atoms with Gasteiger partial charge in [0.25, 0.3) is 0 Å². The van der Waals surface area contributed by atoms with Crippen molar-refractivity contribution in [2.45, 2.75) is 97.6 Å². The molecule has 394 valence electrons. The average Bonchev–Trinajstić information content (AvgIpc) is 3.39. The molecule has 1 aliphatic heterocycles. The summed E-state index contributed by atoms with van der Waals surface area (Å²) >= 11 is 15.8. The van der Waals surface area contributed by atoms with Crippen molar-refractivity contribution in [2.75, 3.05) is 57.0 Å². The van der Waals surface area contributed by atoms with Crippen molar-refractivity contribution < 1.29 is 18.8 Å². The molecule has 5 aromatic rings. The Hall–Kier alpha value is -5.87. The summed E-state index contributed by atoms with van der Waals surface area (Å²) < 4.78 is 11.3. The number of anilines is 1. The summed E-state index contributed by atoms with van der Waals surface area (Å²) in [6.07, 6.45) is 9.50. The Balaban J connectivity index is 0.000000315. The topological polar surface area (TPSA) is 168 Å². The number of aliphatic imine (C=N–C) groups is 1. The first kappa shape index (κ1) is 60.7. The van der Waals surface area contributed by atoms with Crippen molar-refractivity contribution in [1.82, 2.24) is 15.0 Å². The van der Waals surface area contributed by atoms with Gasteiger partial charge in [0.1, 0.15) is 50.6 Å². The van der Waals surface area contributed by atoms with Gasteiger partial charge in [-0.05, 0) is 96.3 Å². The Labute approximate surface area is 456 Å². The molecule has 12 nitrogen and oxygen atoms in total. The number of benzene rings is 4. The van der Waals surface area contributed by atoms with Gasteiger partial charge in [-0.25, -0.2) is 9.97 Å². The maximum absolute atomic E-state index is 9.87. The largest absolute Gasteiger partial charge is 0.491 e. The van der Waals surface area contributed by atoms with E-state index in [1.807, 2.05) is 43.5 Å². The lowest BCUT2D eigenvalue weighted by molar-refractivity contribution is -1.08. The molecular formula is C59H76Cl2N9O3S+. The monoisotopic (exact) mass is 1060 g/mol. The molecule has 0 bridgehead atoms. The number of quaternary nitrogens is 1. The molecule has 0 amide bonds. The van der Waals surface area contributed by atoms with Crippen molar-refractivity contribution in [1.29, 1.82) is 5.26 Å². The number of hydroxylamine groups is 1. The van der Waals surface area contributed by atoms with Crippen molar-refractivity contribution in [2.24, 2.45) is 16.5 Å². The Morgan fingerprint density at radius 1 is 0.892 bits per heavy atom. The van der Waals surface area contributed by atoms with Crippen LogP contribution in [-0.4, -0.2) is 94.3 Å². The third kappa shape index (κ3) is 15.8. The van der Waals surface area contributed by atoms with E-state index in [0.717, 1.165) is 75.1 Å². The molecule has 2 heterocycles. The lowest BCUT2D eigenvalue weighted by Gasteiger charge is -2.42. The average molecular weight is 1060 g/mol. The van der Waals surface area contributed by atoms with Crippen LogP contribution in [0.5, 0.6) is 11.5 Å². The smallest absolute Gasteiger partial charge is 0.222 e. The first-order valence-corrected chi connectivity index (χ1v) is 26.4. The van der Waals surface area contributed by atoms with Crippen LogP contribution in [0.4, 0.5) is 5.95 Å². The van der Waals surface area contributed by atoms with Crippen LogP contribution in [0.2, 0.25) is 0 Å². The molecule has 15 heteroatoms. The van der Waals surface area contributed by atoms with Crippen LogP contribution in [0.25, 0.3) is 16.7 Å². The van der Waals surface area contributed by atoms with Crippen molar-refractivity contribution in [3.05, 3.63) is 155 Å². The number of halogens is 2. The molecule has 2 unspecified atom stereocenters. The van der Waals surface area contributed by atoms with E-state index in [0.29, 0.717) is 61.9 Å². The highest BCUT2D eigenvalue weighted by Gasteiger charge is 2.39. The van der Waals surface area contributed by atoms with E-state index in [2.05, 4.69) is 172 Å². The number of aromatic nitrogens is 2. The summed E-state index contributed by atoms with van der Waals surface area (Å²) in [6, 6.07) is 27.9. The molecule has 0 saturated carbocycles. The van der Waals surface area contributed by atoms with Gasteiger partial charge in [0, 0.05) is 52.8 Å². The highest BCUT2D eigenvalue weighted by Crippen LogP contribution is 2.39. The summed E-state index contributed by atoms with van der Waals surface area (Å²) in [5, 5.41) is 24.7. The second-order valence-corrected chi connectivity index (χ2v) is 20.4. The van der Waals surface area contributed by atoms with E-state index in [1.54, 1.807) is 13.2 Å². The molecule has 0 spiro atoms. The number of hydrogen-bond donors (Lipinski definition) is 5. The predicted octanol–water partition coefficient (Wildman–Crippen LogP) is 11.7. The molecule has 0 radical (unpaired) electrons. The summed E-state index contributed by atoms with van der Waals surface area (Å²) in [7, 11) is 1.60. The van der Waals surface area contributed by atoms with Gasteiger partial charge in [-0.3, -0.25) is 4.99 Å². The van der Waals surface area contributed by atoms with Gasteiger partial charge in [-0.15, -0.1) is 47.3 Å². The van der Waals surface area contributed by atoms with Gasteiger partial charge in [0.05, 0.1) is 42.0 Å². The highest BCUT2D eigenvalue weighted by molar-refractivity contribution is 7.74. The molecule has 74 heavy (non-hydrogen) atoms. The van der Waals surface area contributed by atoms with Gasteiger partial charge in [0.2, 0.25) is 5.95 Å². The number of nitrogens with one attached hydrogen (secondary N) is 1. The van der Waals surface area contributed by atoms with Gasteiger partial charge in [-0.1, -0.05) is 112 Å². The number of ether oxygens (including phenoxy) is 2. The number of nitrogens with two attached hydrogens (primary N) is 2. The normalized spacial score (nSPS) is 14.1. The molecule has 6 rings (SSSR count). The third-order valence-electron chi connectivity index (χ3n) is 13.1. The van der Waals surface area contributed by atoms with E-state index < -0.39 is 4.16 Å². The van der Waals surface area contributed by atoms with Crippen molar-refractivity contribution in [3.63, 3.8) is 0 Å². The predicted molar refractivity (Wildman–Crippen MR) is 310 cm³/mol. The fourth-order valence-corrected chi connectivity index (χ4v) is 8.68. The van der Waals surface area contributed by atoms with E-state index >= 15 is 0 Å². The summed E-state index contributed by atoms with van der Waals surface area (Å²) in [4.78, 5) is 13.5. The van der Waals surface area contributed by atoms with Gasteiger partial charge in [0.15, 0.2) is 0 Å². The van der Waals surface area contributed by atoms with E-state index in [9.17, 15) is 10.5 Å². The lowest BCUT2D eigenvalue weighted by atomic mass is 9.76. The molecule has 1 fully saturated rings. The quantitative estimate of drug-likeness (QED) is 0.00907. The first-order valence-electron chi connectivity index (χ1n) is 25.0. The van der Waals surface area contributed by atoms with Crippen molar-refractivity contribution in [3.8, 4) is 40.5 Å². The Morgan fingerprint density at radius 3 is 1.84 bits per heavy atom. The number of nitrogens with zero attached hydrogens (tertiary/aromatic N) is 6. The van der Waals surface area contributed by atoms with Crippen LogP contribution in [-0.2, 0) is 23.7 Å². The number of allylic oxidation sites excluding steroid dienone is 1. The molecule has 6 N–H and O–H groups in total. The summed E-state index contributed by atoms with van der Waals surface area (Å²) in [5.74, 6) is 9.12. The van der Waals surface area contributed by atoms with E-state index in [1.165, 1.54) is 11.1 Å². The maximum Gasteiger partial charge on any atom is 0.222 e. The SMILES string of the molecule is C=C.CC#Cc1cc(C(C)(C)c2ccc(-c3cnc(NC4CN([N+](C)(O)S)C4)nc3)cc2)cc(CC)c1OCCCl.CCc1cc(C(C)(C)c2ccc(/C(C=NC(C)CCN)=C/N)cc2)cc(C#N)c1OCCCl. The van der Waals surface area contributed by atoms with Crippen LogP contribution < -0.4 is 26.3 Å². The van der Waals surface area contributed by atoms with Gasteiger partial charge >= 0.3 is 0 Å². The van der Waals surface area contributed by atoms with E-state index in [-0.39, 0.29) is 22.9 Å². The minimum atomic E-state index is -0.465. The number of nitriles is 1. The van der Waals surface area contributed by atoms with Crippen LogP contribution in [0, 0.1) is 23.2 Å². The fraction of sp³-hybridized carbons (Fsp3) is 0.390. The second-order valence-electron chi connectivity index (χ2n) is 18.9. The van der Waals surface area contributed by atoms with Gasteiger partial charge < -0.3 is 26.3 Å². The molecule has 0 aliphatic carbocycles. The van der Waals surface area contributed by atoms with Crippen LogP contribution in [0.3, 0.4) is 0 Å². The number of aryl methyl sites for hydroxylation is 2. The molecule has 4 aromatic carbocycles. The highest BCUT2D eigenvalue weighted by atomic mass is 35.5. The fourth-order valence-electron chi connectivity index (χ4n) is 8.38. The number of hydrogen-bond acceptors (Lipinski definition) is 12. The van der Waals surface area contributed by atoms with Crippen LogP contribution >= 0.6 is 36.0 Å². The summed E-state index contributed by atoms with van der Waals surface area (Å²) in [5.41, 5.74) is 23.0. The molecule has 1 saturated heterocycles. The Kier molecular flexibility index (Phi) is 23.5. The molecule has 1 aromatic heterocycles. The zero-order valence-electron chi connectivity index (χ0n) is 44.7. The third-order valence-corrected chi connectivity index (χ3v) is 13.6. The number of alkyl halides is 2.